The maximum Gasteiger partial charge on any atom is 0.253 e. The first-order valence-corrected chi connectivity index (χ1v) is 11.7. The molecule has 5 heteroatoms. The van der Waals surface area contributed by atoms with Gasteiger partial charge in [0.15, 0.2) is 0 Å². The Morgan fingerprint density at radius 3 is 2.52 bits per heavy atom. The highest BCUT2D eigenvalue weighted by Crippen LogP contribution is 2.54. The molecule has 1 N–H and O–H groups in total. The number of carbonyl (C=O) groups is 1. The first-order chi connectivity index (χ1) is 15.1. The van der Waals surface area contributed by atoms with Gasteiger partial charge in [0.25, 0.3) is 5.91 Å². The van der Waals surface area contributed by atoms with Gasteiger partial charge in [0.1, 0.15) is 17.2 Å². The topological polar surface area (TPSA) is 50.8 Å². The number of carbonyl (C=O) groups excluding carboxylic acids is 1. The summed E-state index contributed by atoms with van der Waals surface area (Å²) in [4.78, 5) is 14.8. The molecule has 0 aliphatic carbocycles. The van der Waals surface area contributed by atoms with Gasteiger partial charge in [-0.1, -0.05) is 12.1 Å². The van der Waals surface area contributed by atoms with E-state index in [0.29, 0.717) is 36.7 Å². The van der Waals surface area contributed by atoms with Crippen LogP contribution >= 0.6 is 0 Å². The van der Waals surface area contributed by atoms with Crippen LogP contribution < -0.4 is 14.8 Å². The summed E-state index contributed by atoms with van der Waals surface area (Å²) < 4.78 is 12.2. The van der Waals surface area contributed by atoms with Gasteiger partial charge in [-0.15, -0.1) is 0 Å². The molecule has 3 aliphatic rings. The van der Waals surface area contributed by atoms with Crippen molar-refractivity contribution in [3.8, 4) is 17.2 Å². The minimum atomic E-state index is 0.0595. The predicted molar refractivity (Wildman–Crippen MR) is 121 cm³/mol. The quantitative estimate of drug-likeness (QED) is 0.744. The van der Waals surface area contributed by atoms with Crippen molar-refractivity contribution in [2.45, 2.75) is 57.5 Å². The third-order valence-corrected chi connectivity index (χ3v) is 7.40. The lowest BCUT2D eigenvalue weighted by Crippen LogP contribution is -2.40. The summed E-state index contributed by atoms with van der Waals surface area (Å²) in [5, 5.41) is 3.77. The second-order valence-corrected chi connectivity index (χ2v) is 9.05. The van der Waals surface area contributed by atoms with Crippen LogP contribution in [0.4, 0.5) is 0 Å². The summed E-state index contributed by atoms with van der Waals surface area (Å²) in [6, 6.07) is 13.3. The molecule has 0 saturated carbocycles. The van der Waals surface area contributed by atoms with E-state index in [2.05, 4.69) is 11.4 Å². The second-order valence-electron chi connectivity index (χ2n) is 9.05. The summed E-state index contributed by atoms with van der Waals surface area (Å²) in [7, 11) is 1.74. The van der Waals surface area contributed by atoms with E-state index in [1.165, 1.54) is 18.4 Å². The highest BCUT2D eigenvalue weighted by molar-refractivity contribution is 5.95. The molecule has 2 saturated heterocycles. The normalized spacial score (nSPS) is 25.9. The maximum absolute atomic E-state index is 13.0. The minimum absolute atomic E-state index is 0.0595. The minimum Gasteiger partial charge on any atom is -0.496 e. The van der Waals surface area contributed by atoms with Gasteiger partial charge in [-0.25, -0.2) is 0 Å². The van der Waals surface area contributed by atoms with E-state index >= 15 is 0 Å². The average Bonchev–Trinajstić information content (AvgIpc) is 3.14. The molecule has 3 aliphatic heterocycles. The van der Waals surface area contributed by atoms with Gasteiger partial charge in [0.05, 0.1) is 7.11 Å². The number of amides is 1. The maximum atomic E-state index is 13.0. The Hall–Kier alpha value is -2.53. The lowest BCUT2D eigenvalue weighted by molar-refractivity contribution is 0.0772. The Labute approximate surface area is 184 Å². The van der Waals surface area contributed by atoms with Crippen LogP contribution in [0.15, 0.2) is 36.4 Å². The average molecular weight is 421 g/mol. The zero-order valence-electron chi connectivity index (χ0n) is 18.7. The molecule has 0 aromatic heterocycles. The van der Waals surface area contributed by atoms with Crippen LogP contribution in [0.25, 0.3) is 0 Å². The number of nitrogens with one attached hydrogen (secondary N) is 1. The largest absolute Gasteiger partial charge is 0.496 e. The van der Waals surface area contributed by atoms with Crippen LogP contribution in [0.1, 0.15) is 66.9 Å². The molecular formula is C26H32N2O3. The molecule has 3 unspecified atom stereocenters. The van der Waals surface area contributed by atoms with Gasteiger partial charge in [0.2, 0.25) is 0 Å². The van der Waals surface area contributed by atoms with Gasteiger partial charge in [-0.05, 0) is 69.7 Å². The number of hydrogen-bond acceptors (Lipinski definition) is 4. The lowest BCUT2D eigenvalue weighted by Gasteiger charge is -2.39. The van der Waals surface area contributed by atoms with Gasteiger partial charge < -0.3 is 19.7 Å². The Morgan fingerprint density at radius 1 is 1.10 bits per heavy atom. The molecule has 0 radical (unpaired) electrons. The SMILES string of the molecule is CCN(CC)C(=O)c1ccc2c(c1)Oc1cccc(OC)c1C2C1CC2CCC(C1)N2. The van der Waals surface area contributed by atoms with Crippen LogP contribution in [-0.2, 0) is 0 Å². The number of fused-ring (bicyclic) bond motifs is 4. The highest BCUT2D eigenvalue weighted by atomic mass is 16.5. The fourth-order valence-corrected chi connectivity index (χ4v) is 5.94. The molecule has 31 heavy (non-hydrogen) atoms. The van der Waals surface area contributed by atoms with Gasteiger partial charge in [-0.2, -0.15) is 0 Å². The molecule has 0 spiro atoms. The van der Waals surface area contributed by atoms with Crippen molar-refractivity contribution < 1.29 is 14.3 Å². The molecule has 3 atom stereocenters. The van der Waals surface area contributed by atoms with Crippen molar-refractivity contribution in [1.29, 1.82) is 0 Å². The van der Waals surface area contributed by atoms with Crippen LogP contribution in [0, 0.1) is 5.92 Å². The third-order valence-electron chi connectivity index (χ3n) is 7.40. The van der Waals surface area contributed by atoms with E-state index in [1.807, 2.05) is 49.1 Å². The lowest BCUT2D eigenvalue weighted by atomic mass is 9.72. The number of methoxy groups -OCH3 is 1. The zero-order chi connectivity index (χ0) is 21.5. The highest BCUT2D eigenvalue weighted by Gasteiger charge is 2.42. The van der Waals surface area contributed by atoms with Crippen molar-refractivity contribution in [1.82, 2.24) is 10.2 Å². The third kappa shape index (κ3) is 3.49. The summed E-state index contributed by atoms with van der Waals surface area (Å²) in [6.07, 6.45) is 4.87. The molecule has 2 bridgehead atoms. The number of hydrogen-bond donors (Lipinski definition) is 1. The van der Waals surface area contributed by atoms with E-state index < -0.39 is 0 Å². The van der Waals surface area contributed by atoms with Crippen molar-refractivity contribution in [3.63, 3.8) is 0 Å². The summed E-state index contributed by atoms with van der Waals surface area (Å²) in [6.45, 7) is 5.43. The molecule has 2 aromatic carbocycles. The smallest absolute Gasteiger partial charge is 0.253 e. The van der Waals surface area contributed by atoms with Gasteiger partial charge >= 0.3 is 0 Å². The summed E-state index contributed by atoms with van der Waals surface area (Å²) in [5.41, 5.74) is 3.03. The Kier molecular flexibility index (Phi) is 5.39. The van der Waals surface area contributed by atoms with Crippen molar-refractivity contribution >= 4 is 5.91 Å². The Bertz CT molecular complexity index is 973. The van der Waals surface area contributed by atoms with Crippen LogP contribution in [0.2, 0.25) is 0 Å². The zero-order valence-corrected chi connectivity index (χ0v) is 18.7. The molecule has 5 nitrogen and oxygen atoms in total. The van der Waals surface area contributed by atoms with Gasteiger partial charge in [-0.3, -0.25) is 4.79 Å². The monoisotopic (exact) mass is 420 g/mol. The molecule has 164 valence electrons. The Balaban J connectivity index is 1.58. The number of nitrogens with zero attached hydrogens (tertiary/aromatic N) is 1. The van der Waals surface area contributed by atoms with Crippen molar-refractivity contribution in [2.24, 2.45) is 5.92 Å². The number of rotatable bonds is 5. The molecule has 3 heterocycles. The molecule has 1 amide bonds. The molecule has 2 aromatic rings. The molecular weight excluding hydrogens is 388 g/mol. The second kappa shape index (κ2) is 8.19. The van der Waals surface area contributed by atoms with Crippen molar-refractivity contribution in [2.75, 3.05) is 20.2 Å². The molecule has 5 rings (SSSR count). The fraction of sp³-hybridized carbons (Fsp3) is 0.500. The number of benzene rings is 2. The van der Waals surface area contributed by atoms with Crippen LogP contribution in [0.3, 0.4) is 0 Å². The first kappa shape index (κ1) is 20.4. The van der Waals surface area contributed by atoms with Crippen LogP contribution in [0.5, 0.6) is 17.2 Å². The van der Waals surface area contributed by atoms with E-state index in [-0.39, 0.29) is 11.8 Å². The van der Waals surface area contributed by atoms with E-state index in [4.69, 9.17) is 9.47 Å². The standard InChI is InChI=1S/C26H32N2O3/c1-4-28(5-2)26(29)16-9-12-20-23(15-16)31-22-8-6-7-21(30-3)25(22)24(20)17-13-18-10-11-19(14-17)27-18/h6-9,12,15,17-19,24,27H,4-5,10-11,13-14H2,1-3H3. The van der Waals surface area contributed by atoms with E-state index in [0.717, 1.165) is 35.7 Å². The predicted octanol–water partition coefficient (Wildman–Crippen LogP) is 4.95. The van der Waals surface area contributed by atoms with Gasteiger partial charge in [0, 0.05) is 47.8 Å². The number of ether oxygens (including phenoxy) is 2. The van der Waals surface area contributed by atoms with E-state index in [1.54, 1.807) is 7.11 Å². The van der Waals surface area contributed by atoms with Crippen LogP contribution in [-0.4, -0.2) is 43.1 Å². The number of piperidine rings is 1. The molecule has 2 fully saturated rings. The first-order valence-electron chi connectivity index (χ1n) is 11.7. The van der Waals surface area contributed by atoms with Crippen molar-refractivity contribution in [3.05, 3.63) is 53.1 Å². The summed E-state index contributed by atoms with van der Waals surface area (Å²) >= 11 is 0. The summed E-state index contributed by atoms with van der Waals surface area (Å²) in [5.74, 6) is 3.37. The van der Waals surface area contributed by atoms with E-state index in [9.17, 15) is 4.79 Å². The fourth-order valence-electron chi connectivity index (χ4n) is 5.94. The Morgan fingerprint density at radius 2 is 1.84 bits per heavy atom.